The highest BCUT2D eigenvalue weighted by molar-refractivity contribution is 5.32. The molecule has 1 aromatic heterocycles. The average molecular weight is 237 g/mol. The van der Waals surface area contributed by atoms with Crippen molar-refractivity contribution in [3.8, 4) is 0 Å². The number of anilines is 1. The molecule has 0 spiro atoms. The standard InChI is InChI=1S/C13H23N3O/c1-4-6-7-11(5-2)9-14-12-8-13(17)16-10(3)15-12/h8,11H,4-7,9H2,1-3H3,(H2,14,15,16,17). The monoisotopic (exact) mass is 237 g/mol. The predicted octanol–water partition coefficient (Wildman–Crippen LogP) is 2.71. The number of rotatable bonds is 7. The quantitative estimate of drug-likeness (QED) is 0.766. The number of aryl methyl sites for hydroxylation is 1. The van der Waals surface area contributed by atoms with Gasteiger partial charge in [-0.2, -0.15) is 0 Å². The van der Waals surface area contributed by atoms with E-state index in [1.165, 1.54) is 25.3 Å². The molecule has 0 bridgehead atoms. The third kappa shape index (κ3) is 5.02. The summed E-state index contributed by atoms with van der Waals surface area (Å²) in [6, 6.07) is 1.51. The minimum atomic E-state index is -0.0957. The summed E-state index contributed by atoms with van der Waals surface area (Å²) >= 11 is 0. The van der Waals surface area contributed by atoms with Crippen molar-refractivity contribution in [3.05, 3.63) is 22.2 Å². The van der Waals surface area contributed by atoms with Gasteiger partial charge in [-0.15, -0.1) is 0 Å². The summed E-state index contributed by atoms with van der Waals surface area (Å²) in [5, 5.41) is 3.26. The Labute approximate surface area is 103 Å². The predicted molar refractivity (Wildman–Crippen MR) is 71.4 cm³/mol. The lowest BCUT2D eigenvalue weighted by atomic mass is 9.99. The summed E-state index contributed by atoms with van der Waals surface area (Å²) in [6.07, 6.45) is 4.90. The second-order valence-corrected chi connectivity index (χ2v) is 4.51. The van der Waals surface area contributed by atoms with Crippen LogP contribution in [0.5, 0.6) is 0 Å². The first kappa shape index (κ1) is 13.7. The Morgan fingerprint density at radius 1 is 1.47 bits per heavy atom. The molecular weight excluding hydrogens is 214 g/mol. The molecule has 1 unspecified atom stereocenters. The number of hydrogen-bond donors (Lipinski definition) is 2. The molecule has 0 aliphatic carbocycles. The van der Waals surface area contributed by atoms with Gasteiger partial charge in [0.15, 0.2) is 0 Å². The van der Waals surface area contributed by atoms with E-state index in [4.69, 9.17) is 0 Å². The summed E-state index contributed by atoms with van der Waals surface area (Å²) in [6.45, 7) is 7.10. The zero-order valence-corrected chi connectivity index (χ0v) is 11.0. The molecule has 4 heteroatoms. The number of aromatic amines is 1. The number of hydrogen-bond acceptors (Lipinski definition) is 3. The smallest absolute Gasteiger partial charge is 0.252 e. The molecule has 0 saturated heterocycles. The fourth-order valence-corrected chi connectivity index (χ4v) is 1.86. The van der Waals surface area contributed by atoms with Gasteiger partial charge in [0.2, 0.25) is 0 Å². The summed E-state index contributed by atoms with van der Waals surface area (Å²) in [4.78, 5) is 18.2. The van der Waals surface area contributed by atoms with Crippen molar-refractivity contribution in [1.29, 1.82) is 0 Å². The first-order chi connectivity index (χ1) is 8.15. The number of nitrogens with one attached hydrogen (secondary N) is 2. The van der Waals surface area contributed by atoms with Crippen molar-refractivity contribution in [3.63, 3.8) is 0 Å². The Balaban J connectivity index is 2.50. The molecule has 0 saturated carbocycles. The maximum absolute atomic E-state index is 11.3. The molecule has 1 atom stereocenters. The molecule has 1 aromatic rings. The van der Waals surface area contributed by atoms with Crippen LogP contribution in [0, 0.1) is 12.8 Å². The second-order valence-electron chi connectivity index (χ2n) is 4.51. The first-order valence-corrected chi connectivity index (χ1v) is 6.47. The van der Waals surface area contributed by atoms with Gasteiger partial charge in [0.25, 0.3) is 5.56 Å². The van der Waals surface area contributed by atoms with Gasteiger partial charge in [0.1, 0.15) is 11.6 Å². The van der Waals surface area contributed by atoms with E-state index in [-0.39, 0.29) is 5.56 Å². The Kier molecular flexibility index (Phi) is 5.73. The van der Waals surface area contributed by atoms with Crippen LogP contribution in [-0.4, -0.2) is 16.5 Å². The van der Waals surface area contributed by atoms with Crippen LogP contribution in [0.2, 0.25) is 0 Å². The Morgan fingerprint density at radius 2 is 2.24 bits per heavy atom. The van der Waals surface area contributed by atoms with Gasteiger partial charge in [-0.05, 0) is 19.3 Å². The molecule has 0 aliphatic heterocycles. The fourth-order valence-electron chi connectivity index (χ4n) is 1.86. The van der Waals surface area contributed by atoms with E-state index < -0.39 is 0 Å². The molecule has 0 radical (unpaired) electrons. The Morgan fingerprint density at radius 3 is 2.82 bits per heavy atom. The topological polar surface area (TPSA) is 57.8 Å². The number of aromatic nitrogens is 2. The van der Waals surface area contributed by atoms with E-state index in [0.717, 1.165) is 13.0 Å². The molecule has 96 valence electrons. The van der Waals surface area contributed by atoms with Crippen molar-refractivity contribution < 1.29 is 0 Å². The van der Waals surface area contributed by atoms with Gasteiger partial charge in [-0.1, -0.05) is 33.1 Å². The van der Waals surface area contributed by atoms with E-state index in [2.05, 4.69) is 29.1 Å². The normalized spacial score (nSPS) is 12.4. The lowest BCUT2D eigenvalue weighted by Crippen LogP contribution is -2.17. The summed E-state index contributed by atoms with van der Waals surface area (Å²) in [5.74, 6) is 2.00. The molecule has 2 N–H and O–H groups in total. The maximum atomic E-state index is 11.3. The van der Waals surface area contributed by atoms with Gasteiger partial charge < -0.3 is 10.3 Å². The van der Waals surface area contributed by atoms with Gasteiger partial charge >= 0.3 is 0 Å². The number of unbranched alkanes of at least 4 members (excludes halogenated alkanes) is 1. The van der Waals surface area contributed by atoms with Crippen LogP contribution in [0.4, 0.5) is 5.82 Å². The third-order valence-electron chi connectivity index (χ3n) is 2.98. The van der Waals surface area contributed by atoms with E-state index in [9.17, 15) is 4.79 Å². The minimum absolute atomic E-state index is 0.0957. The molecule has 0 amide bonds. The van der Waals surface area contributed by atoms with Gasteiger partial charge in [0, 0.05) is 12.6 Å². The minimum Gasteiger partial charge on any atom is -0.370 e. The molecule has 17 heavy (non-hydrogen) atoms. The van der Waals surface area contributed by atoms with Crippen LogP contribution >= 0.6 is 0 Å². The van der Waals surface area contributed by atoms with Crippen LogP contribution in [0.25, 0.3) is 0 Å². The van der Waals surface area contributed by atoms with E-state index in [0.29, 0.717) is 17.6 Å². The van der Waals surface area contributed by atoms with E-state index >= 15 is 0 Å². The first-order valence-electron chi connectivity index (χ1n) is 6.47. The van der Waals surface area contributed by atoms with Crippen molar-refractivity contribution in [2.24, 2.45) is 5.92 Å². The van der Waals surface area contributed by atoms with Crippen LogP contribution < -0.4 is 10.9 Å². The largest absolute Gasteiger partial charge is 0.370 e. The maximum Gasteiger partial charge on any atom is 0.252 e. The number of H-pyrrole nitrogens is 1. The average Bonchev–Trinajstić information content (AvgIpc) is 2.28. The number of nitrogens with zero attached hydrogens (tertiary/aromatic N) is 1. The Bertz CT molecular complexity index is 386. The summed E-state index contributed by atoms with van der Waals surface area (Å²) in [7, 11) is 0. The van der Waals surface area contributed by atoms with Crippen molar-refractivity contribution >= 4 is 5.82 Å². The molecule has 4 nitrogen and oxygen atoms in total. The summed E-state index contributed by atoms with van der Waals surface area (Å²) < 4.78 is 0. The van der Waals surface area contributed by atoms with Crippen molar-refractivity contribution in [2.75, 3.05) is 11.9 Å². The van der Waals surface area contributed by atoms with Crippen LogP contribution in [0.1, 0.15) is 45.4 Å². The SMILES string of the molecule is CCCCC(CC)CNc1cc(=O)[nH]c(C)n1. The molecule has 0 aromatic carbocycles. The summed E-state index contributed by atoms with van der Waals surface area (Å²) in [5.41, 5.74) is -0.0957. The van der Waals surface area contributed by atoms with Gasteiger partial charge in [-0.3, -0.25) is 4.79 Å². The highest BCUT2D eigenvalue weighted by atomic mass is 16.1. The van der Waals surface area contributed by atoms with Gasteiger partial charge in [0.05, 0.1) is 0 Å². The highest BCUT2D eigenvalue weighted by Gasteiger charge is 2.06. The lowest BCUT2D eigenvalue weighted by Gasteiger charge is -2.15. The lowest BCUT2D eigenvalue weighted by molar-refractivity contribution is 0.472. The molecule has 1 rings (SSSR count). The molecule has 0 aliphatic rings. The molecule has 0 fully saturated rings. The molecule has 1 heterocycles. The fraction of sp³-hybridized carbons (Fsp3) is 0.692. The second kappa shape index (κ2) is 7.09. The van der Waals surface area contributed by atoms with Crippen molar-refractivity contribution in [1.82, 2.24) is 9.97 Å². The zero-order chi connectivity index (χ0) is 12.7. The third-order valence-corrected chi connectivity index (χ3v) is 2.98. The van der Waals surface area contributed by atoms with Gasteiger partial charge in [-0.25, -0.2) is 4.98 Å². The highest BCUT2D eigenvalue weighted by Crippen LogP contribution is 2.13. The van der Waals surface area contributed by atoms with Crippen molar-refractivity contribution in [2.45, 2.75) is 46.5 Å². The van der Waals surface area contributed by atoms with Crippen LogP contribution in [0.15, 0.2) is 10.9 Å². The van der Waals surface area contributed by atoms with Crippen LogP contribution in [-0.2, 0) is 0 Å². The Hall–Kier alpha value is -1.32. The van der Waals surface area contributed by atoms with E-state index in [1.807, 2.05) is 0 Å². The van der Waals surface area contributed by atoms with E-state index in [1.54, 1.807) is 6.92 Å². The van der Waals surface area contributed by atoms with Crippen LogP contribution in [0.3, 0.4) is 0 Å². The zero-order valence-electron chi connectivity index (χ0n) is 11.0. The molecular formula is C13H23N3O.